The minimum Gasteiger partial charge on any atom is -0.352 e. The van der Waals surface area contributed by atoms with Gasteiger partial charge in [0.2, 0.25) is 11.8 Å². The lowest BCUT2D eigenvalue weighted by Crippen LogP contribution is -2.53. The number of aryl methyl sites for hydroxylation is 1. The van der Waals surface area contributed by atoms with Crippen LogP contribution in [0.5, 0.6) is 0 Å². The zero-order chi connectivity index (χ0) is 29.4. The van der Waals surface area contributed by atoms with Crippen LogP contribution in [0.3, 0.4) is 0 Å². The van der Waals surface area contributed by atoms with Gasteiger partial charge in [-0.3, -0.25) is 13.9 Å². The standard InChI is InChI=1S/C30H35Cl2N3O4S/c1-5-22(4)33-30(37)27(6-2)34(19-23-16-17-24(31)18-26(23)32)29(36)20-35(28-15-11-10-12-21(28)3)40(38,39)25-13-8-7-9-14-25/h7-18,22,27H,5-6,19-20H2,1-4H3,(H,33,37)/t22-,27-/m0/s1. The third-order valence-electron chi connectivity index (χ3n) is 6.74. The molecule has 0 aliphatic carbocycles. The molecule has 0 saturated heterocycles. The number of anilines is 1. The van der Waals surface area contributed by atoms with Crippen molar-refractivity contribution in [1.29, 1.82) is 0 Å². The van der Waals surface area contributed by atoms with E-state index >= 15 is 0 Å². The van der Waals surface area contributed by atoms with Crippen LogP contribution in [-0.2, 0) is 26.2 Å². The Morgan fingerprint density at radius 2 is 1.57 bits per heavy atom. The number of sulfonamides is 1. The van der Waals surface area contributed by atoms with Gasteiger partial charge >= 0.3 is 0 Å². The molecular weight excluding hydrogens is 569 g/mol. The van der Waals surface area contributed by atoms with Crippen molar-refractivity contribution in [2.75, 3.05) is 10.8 Å². The lowest BCUT2D eigenvalue weighted by Gasteiger charge is -2.34. The lowest BCUT2D eigenvalue weighted by molar-refractivity contribution is -0.140. The van der Waals surface area contributed by atoms with Gasteiger partial charge in [-0.1, -0.05) is 79.5 Å². The number of hydrogen-bond donors (Lipinski definition) is 1. The Morgan fingerprint density at radius 3 is 2.17 bits per heavy atom. The topological polar surface area (TPSA) is 86.8 Å². The van der Waals surface area contributed by atoms with Crippen LogP contribution < -0.4 is 9.62 Å². The first-order chi connectivity index (χ1) is 19.0. The molecule has 0 radical (unpaired) electrons. The SMILES string of the molecule is CC[C@H](C)NC(=O)[C@H](CC)N(Cc1ccc(Cl)cc1Cl)C(=O)CN(c1ccccc1C)S(=O)(=O)c1ccccc1. The first kappa shape index (κ1) is 31.5. The van der Waals surface area contributed by atoms with Crippen LogP contribution in [0.15, 0.2) is 77.7 Å². The smallest absolute Gasteiger partial charge is 0.264 e. The third kappa shape index (κ3) is 7.56. The Bertz CT molecular complexity index is 1430. The maximum atomic E-state index is 14.1. The number of carbonyl (C=O) groups is 2. The monoisotopic (exact) mass is 603 g/mol. The van der Waals surface area contributed by atoms with E-state index in [1.54, 1.807) is 67.6 Å². The summed E-state index contributed by atoms with van der Waals surface area (Å²) in [4.78, 5) is 28.9. The number of amides is 2. The molecule has 0 aliphatic rings. The molecule has 0 aromatic heterocycles. The zero-order valence-electron chi connectivity index (χ0n) is 23.1. The summed E-state index contributed by atoms with van der Waals surface area (Å²) in [6.45, 7) is 6.92. The second-order valence-corrected chi connectivity index (χ2v) is 12.3. The minimum atomic E-state index is -4.13. The summed E-state index contributed by atoms with van der Waals surface area (Å²) in [6.07, 6.45) is 1.03. The molecule has 1 N–H and O–H groups in total. The minimum absolute atomic E-state index is 0.00569. The number of hydrogen-bond acceptors (Lipinski definition) is 4. The van der Waals surface area contributed by atoms with Crippen molar-refractivity contribution in [3.05, 3.63) is 94.0 Å². The number of nitrogens with zero attached hydrogens (tertiary/aromatic N) is 2. The molecule has 0 spiro atoms. The van der Waals surface area contributed by atoms with Gasteiger partial charge in [-0.05, 0) is 68.1 Å². The van der Waals surface area contributed by atoms with Crippen LogP contribution >= 0.6 is 23.2 Å². The van der Waals surface area contributed by atoms with Crippen molar-refractivity contribution in [3.8, 4) is 0 Å². The number of rotatable bonds is 12. The fourth-order valence-corrected chi connectivity index (χ4v) is 6.24. The second kappa shape index (κ2) is 14.0. The van der Waals surface area contributed by atoms with Crippen molar-refractivity contribution in [2.24, 2.45) is 0 Å². The highest BCUT2D eigenvalue weighted by Crippen LogP contribution is 2.28. The molecule has 3 aromatic carbocycles. The molecule has 10 heteroatoms. The highest BCUT2D eigenvalue weighted by Gasteiger charge is 2.34. The molecule has 0 heterocycles. The summed E-state index contributed by atoms with van der Waals surface area (Å²) in [5.74, 6) is -0.858. The van der Waals surface area contributed by atoms with Crippen LogP contribution in [0.2, 0.25) is 10.0 Å². The molecule has 0 bridgehead atoms. The van der Waals surface area contributed by atoms with E-state index in [9.17, 15) is 18.0 Å². The van der Waals surface area contributed by atoms with Crippen LogP contribution in [0.1, 0.15) is 44.7 Å². The molecule has 0 unspecified atom stereocenters. The fraction of sp³-hybridized carbons (Fsp3) is 0.333. The molecule has 0 saturated carbocycles. The number of para-hydroxylation sites is 1. The van der Waals surface area contributed by atoms with Gasteiger partial charge in [0.1, 0.15) is 12.6 Å². The van der Waals surface area contributed by atoms with Crippen molar-refractivity contribution < 1.29 is 18.0 Å². The van der Waals surface area contributed by atoms with E-state index in [0.717, 1.165) is 10.7 Å². The van der Waals surface area contributed by atoms with Gasteiger partial charge in [0.15, 0.2) is 0 Å². The van der Waals surface area contributed by atoms with E-state index in [4.69, 9.17) is 23.2 Å². The molecule has 2 atom stereocenters. The van der Waals surface area contributed by atoms with Crippen molar-refractivity contribution >= 4 is 50.7 Å². The molecule has 214 valence electrons. The average Bonchev–Trinajstić information content (AvgIpc) is 2.93. The lowest BCUT2D eigenvalue weighted by atomic mass is 10.1. The van der Waals surface area contributed by atoms with Crippen LogP contribution in [0.25, 0.3) is 0 Å². The summed E-state index contributed by atoms with van der Waals surface area (Å²) in [5, 5.41) is 3.74. The van der Waals surface area contributed by atoms with Crippen LogP contribution in [0, 0.1) is 6.92 Å². The summed E-state index contributed by atoms with van der Waals surface area (Å²) in [5.41, 5.74) is 1.65. The Labute approximate surface area is 247 Å². The maximum Gasteiger partial charge on any atom is 0.264 e. The molecule has 0 aliphatic heterocycles. The molecule has 40 heavy (non-hydrogen) atoms. The van der Waals surface area contributed by atoms with Crippen molar-refractivity contribution in [2.45, 2.75) is 64.1 Å². The highest BCUT2D eigenvalue weighted by atomic mass is 35.5. The largest absolute Gasteiger partial charge is 0.352 e. The van der Waals surface area contributed by atoms with E-state index in [0.29, 0.717) is 33.3 Å². The number of halogens is 2. The highest BCUT2D eigenvalue weighted by molar-refractivity contribution is 7.92. The van der Waals surface area contributed by atoms with Gasteiger partial charge in [0.05, 0.1) is 10.6 Å². The second-order valence-electron chi connectivity index (χ2n) is 9.61. The predicted octanol–water partition coefficient (Wildman–Crippen LogP) is 6.22. The van der Waals surface area contributed by atoms with Gasteiger partial charge in [0, 0.05) is 22.6 Å². The van der Waals surface area contributed by atoms with E-state index in [1.807, 2.05) is 20.8 Å². The Morgan fingerprint density at radius 1 is 0.925 bits per heavy atom. The zero-order valence-corrected chi connectivity index (χ0v) is 25.4. The Hall–Kier alpha value is -3.07. The molecule has 7 nitrogen and oxygen atoms in total. The predicted molar refractivity (Wildman–Crippen MR) is 161 cm³/mol. The summed E-state index contributed by atoms with van der Waals surface area (Å²) in [6, 6.07) is 18.9. The van der Waals surface area contributed by atoms with E-state index < -0.39 is 28.5 Å². The van der Waals surface area contributed by atoms with Crippen LogP contribution in [-0.4, -0.2) is 43.8 Å². The van der Waals surface area contributed by atoms with E-state index in [2.05, 4.69) is 5.32 Å². The average molecular weight is 605 g/mol. The van der Waals surface area contributed by atoms with Gasteiger partial charge in [-0.15, -0.1) is 0 Å². The Balaban J connectivity index is 2.08. The Kier molecular flexibility index (Phi) is 11.0. The van der Waals surface area contributed by atoms with Crippen LogP contribution in [0.4, 0.5) is 5.69 Å². The first-order valence-corrected chi connectivity index (χ1v) is 15.4. The third-order valence-corrected chi connectivity index (χ3v) is 9.10. The fourth-order valence-electron chi connectivity index (χ4n) is 4.27. The summed E-state index contributed by atoms with van der Waals surface area (Å²) in [7, 11) is -4.13. The van der Waals surface area contributed by atoms with Gasteiger partial charge in [-0.25, -0.2) is 8.42 Å². The summed E-state index contributed by atoms with van der Waals surface area (Å²) < 4.78 is 28.9. The normalized spacial score (nSPS) is 12.8. The maximum absolute atomic E-state index is 14.1. The number of benzene rings is 3. The number of carbonyl (C=O) groups excluding carboxylic acids is 2. The van der Waals surface area contributed by atoms with E-state index in [1.165, 1.54) is 17.0 Å². The first-order valence-electron chi connectivity index (χ1n) is 13.2. The van der Waals surface area contributed by atoms with E-state index in [-0.39, 0.29) is 23.4 Å². The molecule has 0 fully saturated rings. The number of nitrogens with one attached hydrogen (secondary N) is 1. The van der Waals surface area contributed by atoms with Crippen molar-refractivity contribution in [3.63, 3.8) is 0 Å². The van der Waals surface area contributed by atoms with Gasteiger partial charge in [0.25, 0.3) is 10.0 Å². The van der Waals surface area contributed by atoms with Gasteiger partial charge < -0.3 is 10.2 Å². The van der Waals surface area contributed by atoms with Gasteiger partial charge in [-0.2, -0.15) is 0 Å². The van der Waals surface area contributed by atoms with Crippen molar-refractivity contribution in [1.82, 2.24) is 10.2 Å². The molecular formula is C30H35Cl2N3O4S. The summed E-state index contributed by atoms with van der Waals surface area (Å²) >= 11 is 12.5. The molecule has 3 rings (SSSR count). The molecule has 2 amide bonds. The molecule has 3 aromatic rings. The quantitative estimate of drug-likeness (QED) is 0.266.